The van der Waals surface area contributed by atoms with Gasteiger partial charge in [-0.15, -0.1) is 23.7 Å². The Morgan fingerprint density at radius 1 is 1.20 bits per heavy atom. The minimum Gasteiger partial charge on any atom is -0.299 e. The van der Waals surface area contributed by atoms with Gasteiger partial charge in [-0.05, 0) is 38.2 Å². The number of ketones is 1. The Morgan fingerprint density at radius 3 is 2.35 bits per heavy atom. The molecule has 2 nitrogen and oxygen atoms in total. The zero-order valence-electron chi connectivity index (χ0n) is 11.4. The summed E-state index contributed by atoms with van der Waals surface area (Å²) < 4.78 is 0.653. The molecule has 0 radical (unpaired) electrons. The Kier molecular flexibility index (Phi) is 6.69. The quantitative estimate of drug-likeness (QED) is 0.767. The lowest BCUT2D eigenvalue weighted by molar-refractivity contribution is 0.0879. The molecule has 2 rings (SSSR count). The van der Waals surface area contributed by atoms with E-state index in [-0.39, 0.29) is 24.2 Å². The third kappa shape index (κ3) is 4.32. The van der Waals surface area contributed by atoms with E-state index < -0.39 is 0 Å². The second-order valence-corrected chi connectivity index (χ2v) is 6.35. The summed E-state index contributed by atoms with van der Waals surface area (Å²) in [6, 6.07) is 13.5. The molecular formula is C15H17Cl2NOS. The molecule has 0 aliphatic heterocycles. The number of halogens is 2. The van der Waals surface area contributed by atoms with Crippen LogP contribution in [0.15, 0.2) is 42.5 Å². The van der Waals surface area contributed by atoms with Gasteiger partial charge in [0.25, 0.3) is 0 Å². The maximum absolute atomic E-state index is 12.5. The lowest BCUT2D eigenvalue weighted by Crippen LogP contribution is -2.37. The van der Waals surface area contributed by atoms with Crippen molar-refractivity contribution in [2.45, 2.75) is 12.5 Å². The van der Waals surface area contributed by atoms with E-state index in [1.807, 2.05) is 49.3 Å². The fourth-order valence-corrected chi connectivity index (χ4v) is 2.99. The van der Waals surface area contributed by atoms with Gasteiger partial charge in [0.05, 0.1) is 15.3 Å². The second-order valence-electron chi connectivity index (χ2n) is 4.64. The topological polar surface area (TPSA) is 20.3 Å². The van der Waals surface area contributed by atoms with Crippen LogP contribution in [0.3, 0.4) is 0 Å². The number of likely N-dealkylation sites (N-methyl/N-ethyl adjacent to an activating group) is 1. The molecule has 0 N–H and O–H groups in total. The van der Waals surface area contributed by atoms with Crippen LogP contribution in [0.25, 0.3) is 0 Å². The smallest absolute Gasteiger partial charge is 0.190 e. The Morgan fingerprint density at radius 2 is 1.85 bits per heavy atom. The molecule has 1 heterocycles. The summed E-state index contributed by atoms with van der Waals surface area (Å²) in [6.45, 7) is 0. The highest BCUT2D eigenvalue weighted by Crippen LogP contribution is 2.24. The fourth-order valence-electron chi connectivity index (χ4n) is 1.96. The van der Waals surface area contributed by atoms with Crippen LogP contribution < -0.4 is 0 Å². The molecular weight excluding hydrogens is 313 g/mol. The van der Waals surface area contributed by atoms with E-state index in [0.29, 0.717) is 10.8 Å². The Hall–Kier alpha value is -0.870. The van der Waals surface area contributed by atoms with Crippen LogP contribution >= 0.6 is 35.3 Å². The highest BCUT2D eigenvalue weighted by Gasteiger charge is 2.23. The van der Waals surface area contributed by atoms with E-state index in [2.05, 4.69) is 0 Å². The average Bonchev–Trinajstić information content (AvgIpc) is 2.83. The molecule has 0 aliphatic rings. The van der Waals surface area contributed by atoms with Crippen molar-refractivity contribution in [3.63, 3.8) is 0 Å². The predicted octanol–water partition coefficient (Wildman–Crippen LogP) is 4.18. The molecule has 1 aromatic carbocycles. The first kappa shape index (κ1) is 17.2. The van der Waals surface area contributed by atoms with Gasteiger partial charge in [0.2, 0.25) is 0 Å². The molecule has 0 spiro atoms. The van der Waals surface area contributed by atoms with Crippen LogP contribution in [-0.4, -0.2) is 30.8 Å². The standard InChI is InChI=1S/C15H16ClNOS.ClH/c1-17(2)12(10-11-6-4-3-5-7-11)15(18)13-8-9-14(16)19-13;/h3-9,12H,10H2,1-2H3;1H. The molecule has 1 atom stereocenters. The minimum atomic E-state index is -0.155. The van der Waals surface area contributed by atoms with E-state index in [0.717, 1.165) is 10.4 Å². The van der Waals surface area contributed by atoms with Crippen molar-refractivity contribution in [1.82, 2.24) is 4.90 Å². The van der Waals surface area contributed by atoms with Crippen molar-refractivity contribution in [3.05, 3.63) is 57.2 Å². The number of rotatable bonds is 5. The van der Waals surface area contributed by atoms with Gasteiger partial charge in [0.1, 0.15) is 0 Å². The predicted molar refractivity (Wildman–Crippen MR) is 88.5 cm³/mol. The number of benzene rings is 1. The number of carbonyl (C=O) groups is 1. The summed E-state index contributed by atoms with van der Waals surface area (Å²) >= 11 is 7.24. The van der Waals surface area contributed by atoms with Crippen molar-refractivity contribution in [3.8, 4) is 0 Å². The third-order valence-corrected chi connectivity index (χ3v) is 4.26. The summed E-state index contributed by atoms with van der Waals surface area (Å²) in [6.07, 6.45) is 0.711. The van der Waals surface area contributed by atoms with Crippen molar-refractivity contribution >= 4 is 41.1 Å². The molecule has 1 aromatic heterocycles. The summed E-state index contributed by atoms with van der Waals surface area (Å²) in [5.74, 6) is 0.130. The second kappa shape index (κ2) is 7.79. The zero-order valence-corrected chi connectivity index (χ0v) is 13.8. The summed E-state index contributed by atoms with van der Waals surface area (Å²) in [7, 11) is 3.86. The molecule has 0 saturated heterocycles. The molecule has 0 fully saturated rings. The zero-order chi connectivity index (χ0) is 13.8. The first-order chi connectivity index (χ1) is 9.08. The number of nitrogens with zero attached hydrogens (tertiary/aromatic N) is 1. The first-order valence-corrected chi connectivity index (χ1v) is 7.27. The maximum atomic E-state index is 12.5. The highest BCUT2D eigenvalue weighted by molar-refractivity contribution is 7.18. The van der Waals surface area contributed by atoms with Gasteiger partial charge in [0, 0.05) is 0 Å². The van der Waals surface area contributed by atoms with Crippen LogP contribution in [-0.2, 0) is 6.42 Å². The number of carbonyl (C=O) groups excluding carboxylic acids is 1. The number of Topliss-reactive ketones (excluding diaryl/α,β-unsaturated/α-hetero) is 1. The van der Waals surface area contributed by atoms with Gasteiger partial charge in [-0.2, -0.15) is 0 Å². The van der Waals surface area contributed by atoms with E-state index in [1.54, 1.807) is 12.1 Å². The summed E-state index contributed by atoms with van der Waals surface area (Å²) in [4.78, 5) is 15.2. The van der Waals surface area contributed by atoms with E-state index in [1.165, 1.54) is 11.3 Å². The van der Waals surface area contributed by atoms with Crippen molar-refractivity contribution in [2.24, 2.45) is 0 Å². The van der Waals surface area contributed by atoms with Gasteiger partial charge in [0.15, 0.2) is 5.78 Å². The van der Waals surface area contributed by atoms with Gasteiger partial charge >= 0.3 is 0 Å². The van der Waals surface area contributed by atoms with Crippen LogP contribution in [0.2, 0.25) is 4.34 Å². The molecule has 0 amide bonds. The van der Waals surface area contributed by atoms with Crippen LogP contribution in [0.4, 0.5) is 0 Å². The van der Waals surface area contributed by atoms with Crippen molar-refractivity contribution in [1.29, 1.82) is 0 Å². The highest BCUT2D eigenvalue weighted by atomic mass is 35.5. The first-order valence-electron chi connectivity index (χ1n) is 6.08. The van der Waals surface area contributed by atoms with Gasteiger partial charge in [-0.25, -0.2) is 0 Å². The Balaban J connectivity index is 0.00000200. The fraction of sp³-hybridized carbons (Fsp3) is 0.267. The maximum Gasteiger partial charge on any atom is 0.190 e. The number of thiophene rings is 1. The van der Waals surface area contributed by atoms with E-state index in [4.69, 9.17) is 11.6 Å². The lowest BCUT2D eigenvalue weighted by atomic mass is 10.0. The van der Waals surface area contributed by atoms with Crippen molar-refractivity contribution in [2.75, 3.05) is 14.1 Å². The average molecular weight is 330 g/mol. The molecule has 1 unspecified atom stereocenters. The molecule has 0 saturated carbocycles. The molecule has 2 aromatic rings. The third-order valence-electron chi connectivity index (χ3n) is 3.01. The van der Waals surface area contributed by atoms with E-state index in [9.17, 15) is 4.79 Å². The SMILES string of the molecule is CN(C)C(Cc1ccccc1)C(=O)c1ccc(Cl)s1.Cl. The molecule has 20 heavy (non-hydrogen) atoms. The number of hydrogen-bond donors (Lipinski definition) is 0. The molecule has 108 valence electrons. The minimum absolute atomic E-state index is 0. The normalized spacial score (nSPS) is 12.0. The molecule has 5 heteroatoms. The van der Waals surface area contributed by atoms with Gasteiger partial charge in [-0.1, -0.05) is 41.9 Å². The molecule has 0 bridgehead atoms. The molecule has 0 aliphatic carbocycles. The lowest BCUT2D eigenvalue weighted by Gasteiger charge is -2.22. The monoisotopic (exact) mass is 329 g/mol. The Bertz CT molecular complexity index is 554. The number of hydrogen-bond acceptors (Lipinski definition) is 3. The summed E-state index contributed by atoms with van der Waals surface area (Å²) in [5.41, 5.74) is 1.16. The van der Waals surface area contributed by atoms with Crippen LogP contribution in [0.1, 0.15) is 15.2 Å². The van der Waals surface area contributed by atoms with Crippen LogP contribution in [0, 0.1) is 0 Å². The van der Waals surface area contributed by atoms with Gasteiger partial charge in [-0.3, -0.25) is 9.69 Å². The Labute approximate surface area is 134 Å². The van der Waals surface area contributed by atoms with Crippen LogP contribution in [0.5, 0.6) is 0 Å². The van der Waals surface area contributed by atoms with E-state index >= 15 is 0 Å². The summed E-state index contributed by atoms with van der Waals surface area (Å²) in [5, 5.41) is 0. The van der Waals surface area contributed by atoms with Crippen molar-refractivity contribution < 1.29 is 4.79 Å². The van der Waals surface area contributed by atoms with Gasteiger partial charge < -0.3 is 0 Å². The largest absolute Gasteiger partial charge is 0.299 e.